The third-order valence-electron chi connectivity index (χ3n) is 7.85. The van der Waals surface area contributed by atoms with E-state index in [4.69, 9.17) is 11.2 Å². The Labute approximate surface area is 146 Å². The van der Waals surface area contributed by atoms with Gasteiger partial charge in [-0.05, 0) is 68.1 Å². The van der Waals surface area contributed by atoms with E-state index in [0.29, 0.717) is 17.8 Å². The fourth-order valence-electron chi connectivity index (χ4n) is 6.48. The van der Waals surface area contributed by atoms with Crippen LogP contribution >= 0.6 is 0 Å². The minimum absolute atomic E-state index is 0.0594. The van der Waals surface area contributed by atoms with Crippen LogP contribution in [0.4, 0.5) is 0 Å². The molecule has 0 amide bonds. The molecule has 1 N–H and O–H groups in total. The lowest BCUT2D eigenvalue weighted by Gasteiger charge is -2.57. The van der Waals surface area contributed by atoms with Gasteiger partial charge in [0.2, 0.25) is 0 Å². The van der Waals surface area contributed by atoms with Crippen molar-refractivity contribution in [2.24, 2.45) is 28.6 Å². The molecule has 0 aliphatic heterocycles. The summed E-state index contributed by atoms with van der Waals surface area (Å²) in [4.78, 5) is 11.5. The average molecular weight is 332 g/mol. The highest BCUT2D eigenvalue weighted by molar-refractivity contribution is 5.66. The summed E-state index contributed by atoms with van der Waals surface area (Å²) >= 11 is 0. The molecule has 0 spiro atoms. The van der Waals surface area contributed by atoms with Crippen molar-refractivity contribution in [1.29, 1.82) is 0 Å². The largest absolute Gasteiger partial charge is 0.462 e. The number of aliphatic hydroxyl groups excluding tert-OH is 1. The lowest BCUT2D eigenvalue weighted by Crippen LogP contribution is -2.54. The molecule has 3 saturated carbocycles. The molecule has 0 aromatic rings. The molecule has 3 unspecified atom stereocenters. The molecule has 0 heterocycles. The first kappa shape index (κ1) is 17.8. The number of terminal acetylenes is 1. The summed E-state index contributed by atoms with van der Waals surface area (Å²) in [6, 6.07) is 0. The monoisotopic (exact) mass is 332 g/mol. The van der Waals surface area contributed by atoms with Gasteiger partial charge in [0.25, 0.3) is 0 Å². The summed E-state index contributed by atoms with van der Waals surface area (Å²) in [5.74, 6) is 4.41. The van der Waals surface area contributed by atoms with E-state index in [1.165, 1.54) is 6.92 Å². The Morgan fingerprint density at radius 1 is 1.21 bits per heavy atom. The van der Waals surface area contributed by atoms with Crippen LogP contribution in [0.25, 0.3) is 0 Å². The van der Waals surface area contributed by atoms with Gasteiger partial charge < -0.3 is 9.84 Å². The van der Waals surface area contributed by atoms with Gasteiger partial charge in [0, 0.05) is 18.8 Å². The molecule has 3 rings (SSSR count). The molecule has 3 aliphatic carbocycles. The SMILES string of the molecule is C#CCC[C@]1(C)C2CC[C@@]3(C)C(CC[C@@H]3OC(C)=O)C2CC[C@H]1O. The number of rotatable bonds is 3. The van der Waals surface area contributed by atoms with Crippen LogP contribution in [0.3, 0.4) is 0 Å². The van der Waals surface area contributed by atoms with E-state index in [0.717, 1.165) is 51.4 Å². The Morgan fingerprint density at radius 2 is 1.96 bits per heavy atom. The van der Waals surface area contributed by atoms with Gasteiger partial charge in [-0.2, -0.15) is 0 Å². The van der Waals surface area contributed by atoms with E-state index >= 15 is 0 Å². The van der Waals surface area contributed by atoms with Gasteiger partial charge in [-0.25, -0.2) is 0 Å². The zero-order valence-corrected chi connectivity index (χ0v) is 15.4. The number of ether oxygens (including phenoxy) is 1. The lowest BCUT2D eigenvalue weighted by atomic mass is 9.48. The molecular formula is C21H32O3. The van der Waals surface area contributed by atoms with Crippen molar-refractivity contribution >= 4 is 5.97 Å². The van der Waals surface area contributed by atoms with Crippen molar-refractivity contribution in [3.05, 3.63) is 0 Å². The summed E-state index contributed by atoms with van der Waals surface area (Å²) in [6.07, 6.45) is 13.4. The summed E-state index contributed by atoms with van der Waals surface area (Å²) < 4.78 is 5.69. The van der Waals surface area contributed by atoms with Crippen LogP contribution in [0.15, 0.2) is 0 Å². The highest BCUT2D eigenvalue weighted by atomic mass is 16.5. The maximum absolute atomic E-state index is 11.5. The molecule has 0 saturated heterocycles. The van der Waals surface area contributed by atoms with Gasteiger partial charge in [-0.3, -0.25) is 4.79 Å². The molecule has 3 nitrogen and oxygen atoms in total. The predicted molar refractivity (Wildman–Crippen MR) is 94.0 cm³/mol. The maximum atomic E-state index is 11.5. The molecule has 0 aromatic carbocycles. The Morgan fingerprint density at radius 3 is 2.62 bits per heavy atom. The van der Waals surface area contributed by atoms with E-state index in [9.17, 15) is 9.90 Å². The van der Waals surface area contributed by atoms with Gasteiger partial charge in [0.15, 0.2) is 0 Å². The lowest BCUT2D eigenvalue weighted by molar-refractivity contribution is -0.163. The summed E-state index contributed by atoms with van der Waals surface area (Å²) in [5.41, 5.74) is 0.0539. The fourth-order valence-corrected chi connectivity index (χ4v) is 6.48. The number of carbonyl (C=O) groups excluding carboxylic acids is 1. The van der Waals surface area contributed by atoms with Crippen LogP contribution in [0.5, 0.6) is 0 Å². The smallest absolute Gasteiger partial charge is 0.302 e. The van der Waals surface area contributed by atoms with Gasteiger partial charge >= 0.3 is 5.97 Å². The standard InChI is InChI=1S/C21H32O3/c1-5-6-12-20(3)17-11-13-21(4)16(15(17)7-9-18(20)23)8-10-19(21)24-14(2)22/h1,15-19,23H,6-13H2,2-4H3/t15?,16?,17?,18-,19+,20-,21+/m1/s1. The van der Waals surface area contributed by atoms with E-state index in [1.54, 1.807) is 0 Å². The van der Waals surface area contributed by atoms with E-state index in [1.807, 2.05) is 0 Å². The normalized spacial score (nSPS) is 47.4. The molecule has 3 heteroatoms. The summed E-state index contributed by atoms with van der Waals surface area (Å²) in [7, 11) is 0. The van der Waals surface area contributed by atoms with Gasteiger partial charge in [0.05, 0.1) is 6.10 Å². The number of hydrogen-bond acceptors (Lipinski definition) is 3. The second-order valence-corrected chi connectivity index (χ2v) is 8.90. The fraction of sp³-hybridized carbons (Fsp3) is 0.857. The van der Waals surface area contributed by atoms with Gasteiger partial charge in [-0.1, -0.05) is 13.8 Å². The Bertz CT molecular complexity index is 536. The number of hydrogen-bond donors (Lipinski definition) is 1. The predicted octanol–water partition coefficient (Wildman–Crippen LogP) is 3.94. The quantitative estimate of drug-likeness (QED) is 0.629. The second kappa shape index (κ2) is 6.37. The minimum Gasteiger partial charge on any atom is -0.462 e. The number of esters is 1. The van der Waals surface area contributed by atoms with E-state index < -0.39 is 0 Å². The highest BCUT2D eigenvalue weighted by Gasteiger charge is 2.60. The summed E-state index contributed by atoms with van der Waals surface area (Å²) in [5, 5.41) is 10.7. The van der Waals surface area contributed by atoms with Crippen molar-refractivity contribution in [2.45, 2.75) is 84.3 Å². The van der Waals surface area contributed by atoms with Crippen LogP contribution < -0.4 is 0 Å². The van der Waals surface area contributed by atoms with E-state index in [-0.39, 0.29) is 29.0 Å². The zero-order valence-electron chi connectivity index (χ0n) is 15.4. The van der Waals surface area contributed by atoms with Gasteiger partial charge in [-0.15, -0.1) is 12.3 Å². The van der Waals surface area contributed by atoms with Gasteiger partial charge in [0.1, 0.15) is 6.10 Å². The molecule has 24 heavy (non-hydrogen) atoms. The zero-order chi connectivity index (χ0) is 17.5. The molecule has 0 aromatic heterocycles. The van der Waals surface area contributed by atoms with Crippen molar-refractivity contribution in [2.75, 3.05) is 0 Å². The minimum atomic E-state index is -0.234. The molecule has 7 atom stereocenters. The van der Waals surface area contributed by atoms with Crippen molar-refractivity contribution < 1.29 is 14.6 Å². The average Bonchev–Trinajstić information content (AvgIpc) is 2.85. The van der Waals surface area contributed by atoms with Crippen LogP contribution in [-0.2, 0) is 9.53 Å². The maximum Gasteiger partial charge on any atom is 0.302 e. The van der Waals surface area contributed by atoms with Crippen LogP contribution in [0.2, 0.25) is 0 Å². The van der Waals surface area contributed by atoms with Crippen LogP contribution in [0, 0.1) is 40.9 Å². The first-order valence-corrected chi connectivity index (χ1v) is 9.61. The molecular weight excluding hydrogens is 300 g/mol. The third-order valence-corrected chi connectivity index (χ3v) is 7.85. The molecule has 0 radical (unpaired) electrons. The Balaban J connectivity index is 1.83. The van der Waals surface area contributed by atoms with E-state index in [2.05, 4.69) is 19.8 Å². The second-order valence-electron chi connectivity index (χ2n) is 8.90. The Hall–Kier alpha value is -1.01. The van der Waals surface area contributed by atoms with Crippen molar-refractivity contribution in [3.63, 3.8) is 0 Å². The molecule has 3 fully saturated rings. The first-order valence-electron chi connectivity index (χ1n) is 9.61. The number of carbonyl (C=O) groups is 1. The molecule has 3 aliphatic rings. The van der Waals surface area contributed by atoms with Crippen LogP contribution in [-0.4, -0.2) is 23.3 Å². The molecule has 134 valence electrons. The third kappa shape index (κ3) is 2.68. The first-order chi connectivity index (χ1) is 11.3. The Kier molecular flexibility index (Phi) is 4.73. The van der Waals surface area contributed by atoms with Crippen LogP contribution in [0.1, 0.15) is 72.1 Å². The summed E-state index contributed by atoms with van der Waals surface area (Å²) in [6.45, 7) is 6.11. The topological polar surface area (TPSA) is 46.5 Å². The number of fused-ring (bicyclic) bond motifs is 3. The van der Waals surface area contributed by atoms with Crippen molar-refractivity contribution in [3.8, 4) is 12.3 Å². The molecule has 0 bridgehead atoms. The number of aliphatic hydroxyl groups is 1. The van der Waals surface area contributed by atoms with Crippen molar-refractivity contribution in [1.82, 2.24) is 0 Å². The highest BCUT2D eigenvalue weighted by Crippen LogP contribution is 2.64.